The molecule has 1 rings (SSSR count). The van der Waals surface area contributed by atoms with E-state index in [2.05, 4.69) is 10.3 Å². The predicted molar refractivity (Wildman–Crippen MR) is 59.4 cm³/mol. The highest BCUT2D eigenvalue weighted by Crippen LogP contribution is 2.59. The lowest BCUT2D eigenvalue weighted by Crippen LogP contribution is -2.22. The van der Waals surface area contributed by atoms with Crippen LogP contribution in [0.1, 0.15) is 5.69 Å². The second kappa shape index (κ2) is 4.53. The lowest BCUT2D eigenvalue weighted by atomic mass is 10.5. The number of aromatic nitrogens is 2. The van der Waals surface area contributed by atoms with E-state index >= 15 is 0 Å². The molecule has 0 fully saturated rings. The Hall–Kier alpha value is -0.690. The molecular formula is C6H13N3O6P2. The van der Waals surface area contributed by atoms with Crippen LogP contribution in [0, 0.1) is 6.92 Å². The second-order valence-corrected chi connectivity index (χ2v) is 7.27. The summed E-state index contributed by atoms with van der Waals surface area (Å²) in [6.45, 7) is 1.68. The molecule has 17 heavy (non-hydrogen) atoms. The quantitative estimate of drug-likeness (QED) is 0.477. The Bertz CT molecular complexity index is 480. The van der Waals surface area contributed by atoms with Crippen molar-refractivity contribution < 1.29 is 28.7 Å². The minimum atomic E-state index is -5.00. The third-order valence-corrected chi connectivity index (χ3v) is 5.45. The molecule has 98 valence electrons. The number of nitrogens with one attached hydrogen (secondary N) is 1. The summed E-state index contributed by atoms with van der Waals surface area (Å²) in [5.41, 5.74) is -1.63. The van der Waals surface area contributed by atoms with Crippen LogP contribution in [0.15, 0.2) is 6.20 Å². The first-order valence-corrected chi connectivity index (χ1v) is 7.75. The summed E-state index contributed by atoms with van der Waals surface area (Å²) in [6, 6.07) is 0. The largest absolute Gasteiger partial charge is 0.360 e. The van der Waals surface area contributed by atoms with E-state index in [-0.39, 0.29) is 5.95 Å². The summed E-state index contributed by atoms with van der Waals surface area (Å²) in [4.78, 5) is 39.3. The number of rotatable bonds is 4. The Morgan fingerprint density at radius 1 is 1.29 bits per heavy atom. The highest BCUT2D eigenvalue weighted by Gasteiger charge is 2.44. The SMILES string of the molecule is Cc1cnc(NC(P(=O)(O)O)P(=O)(O)O)n1C. The van der Waals surface area contributed by atoms with Gasteiger partial charge in [0.15, 0.2) is 0 Å². The molecular weight excluding hydrogens is 272 g/mol. The molecule has 0 bridgehead atoms. The van der Waals surface area contributed by atoms with Gasteiger partial charge in [0.25, 0.3) is 0 Å². The van der Waals surface area contributed by atoms with Gasteiger partial charge < -0.3 is 29.5 Å². The molecule has 0 aromatic carbocycles. The summed E-state index contributed by atoms with van der Waals surface area (Å²) in [5.74, 6) is -0.0286. The Balaban J connectivity index is 3.09. The Kier molecular flexibility index (Phi) is 3.83. The zero-order valence-corrected chi connectivity index (χ0v) is 10.8. The van der Waals surface area contributed by atoms with Gasteiger partial charge in [-0.05, 0) is 6.92 Å². The fourth-order valence-corrected chi connectivity index (χ4v) is 3.24. The molecule has 0 unspecified atom stereocenters. The Labute approximate surface area is 96.8 Å². The number of anilines is 1. The monoisotopic (exact) mass is 285 g/mol. The number of aryl methyl sites for hydroxylation is 1. The van der Waals surface area contributed by atoms with E-state index in [0.29, 0.717) is 5.69 Å². The normalized spacial score (nSPS) is 13.1. The van der Waals surface area contributed by atoms with E-state index < -0.39 is 20.7 Å². The standard InChI is InChI=1S/C6H13N3O6P2/c1-4-3-7-5(9(4)2)8-6(16(10,11)12)17(13,14)15/h3,6H,1-2H3,(H,7,8)(H2,10,11,12)(H2,13,14,15). The van der Waals surface area contributed by atoms with Gasteiger partial charge in [-0.25, -0.2) is 4.98 Å². The Morgan fingerprint density at radius 3 is 2.06 bits per heavy atom. The van der Waals surface area contributed by atoms with Crippen molar-refractivity contribution in [2.75, 3.05) is 5.32 Å². The van der Waals surface area contributed by atoms with Gasteiger partial charge in [-0.3, -0.25) is 9.13 Å². The van der Waals surface area contributed by atoms with Crippen molar-refractivity contribution >= 4 is 21.1 Å². The van der Waals surface area contributed by atoms with Gasteiger partial charge in [-0.15, -0.1) is 0 Å². The molecule has 11 heteroatoms. The van der Waals surface area contributed by atoms with E-state index in [0.717, 1.165) is 0 Å². The average Bonchev–Trinajstić information content (AvgIpc) is 2.40. The topological polar surface area (TPSA) is 145 Å². The zero-order chi connectivity index (χ0) is 13.4. The highest BCUT2D eigenvalue weighted by atomic mass is 31.2. The molecule has 0 aliphatic carbocycles. The van der Waals surface area contributed by atoms with Crippen LogP contribution in [0.4, 0.5) is 5.95 Å². The molecule has 1 aromatic heterocycles. The lowest BCUT2D eigenvalue weighted by Gasteiger charge is -2.21. The van der Waals surface area contributed by atoms with E-state index in [9.17, 15) is 9.13 Å². The van der Waals surface area contributed by atoms with Crippen LogP contribution in [0.25, 0.3) is 0 Å². The molecule has 5 N–H and O–H groups in total. The van der Waals surface area contributed by atoms with E-state index in [4.69, 9.17) is 19.6 Å². The van der Waals surface area contributed by atoms with Crippen LogP contribution in [-0.2, 0) is 16.2 Å². The molecule has 0 spiro atoms. The van der Waals surface area contributed by atoms with Gasteiger partial charge in [-0.2, -0.15) is 0 Å². The lowest BCUT2D eigenvalue weighted by molar-refractivity contribution is 0.343. The molecule has 0 aliphatic rings. The molecule has 1 aromatic rings. The first-order valence-electron chi connectivity index (χ1n) is 4.39. The van der Waals surface area contributed by atoms with Gasteiger partial charge >= 0.3 is 15.2 Å². The van der Waals surface area contributed by atoms with Gasteiger partial charge in [-0.1, -0.05) is 0 Å². The maximum atomic E-state index is 11.0. The number of imidazole rings is 1. The Morgan fingerprint density at radius 2 is 1.76 bits per heavy atom. The first-order chi connectivity index (χ1) is 7.53. The van der Waals surface area contributed by atoms with Crippen LogP contribution < -0.4 is 5.32 Å². The molecule has 0 aliphatic heterocycles. The van der Waals surface area contributed by atoms with Crippen molar-refractivity contribution in [2.45, 2.75) is 12.4 Å². The third kappa shape index (κ3) is 3.38. The number of nitrogens with zero attached hydrogens (tertiary/aromatic N) is 2. The summed E-state index contributed by atoms with van der Waals surface area (Å²) in [5, 5.41) is 2.07. The molecule has 1 heterocycles. The minimum Gasteiger partial charge on any atom is -0.332 e. The second-order valence-electron chi connectivity index (χ2n) is 3.48. The fourth-order valence-electron chi connectivity index (χ4n) is 1.11. The van der Waals surface area contributed by atoms with Crippen molar-refractivity contribution in [1.29, 1.82) is 0 Å². The maximum Gasteiger partial charge on any atom is 0.360 e. The van der Waals surface area contributed by atoms with Crippen molar-refractivity contribution in [3.8, 4) is 0 Å². The van der Waals surface area contributed by atoms with E-state index in [1.54, 1.807) is 14.0 Å². The van der Waals surface area contributed by atoms with Gasteiger partial charge in [0, 0.05) is 12.7 Å². The summed E-state index contributed by atoms with van der Waals surface area (Å²) in [7, 11) is -8.46. The van der Waals surface area contributed by atoms with Crippen LogP contribution in [0.3, 0.4) is 0 Å². The van der Waals surface area contributed by atoms with Crippen LogP contribution in [0.5, 0.6) is 0 Å². The molecule has 0 radical (unpaired) electrons. The van der Waals surface area contributed by atoms with E-state index in [1.165, 1.54) is 10.8 Å². The zero-order valence-electron chi connectivity index (χ0n) is 9.05. The summed E-state index contributed by atoms with van der Waals surface area (Å²) >= 11 is 0. The first kappa shape index (κ1) is 14.4. The average molecular weight is 285 g/mol. The summed E-state index contributed by atoms with van der Waals surface area (Å²) < 4.78 is 23.4. The van der Waals surface area contributed by atoms with Gasteiger partial charge in [0.05, 0.1) is 6.20 Å². The van der Waals surface area contributed by atoms with Crippen LogP contribution >= 0.6 is 15.2 Å². The fraction of sp³-hybridized carbons (Fsp3) is 0.500. The number of hydrogen-bond acceptors (Lipinski definition) is 4. The molecule has 0 atom stereocenters. The maximum absolute atomic E-state index is 11.0. The van der Waals surface area contributed by atoms with Crippen LogP contribution in [-0.4, -0.2) is 34.6 Å². The molecule has 9 nitrogen and oxygen atoms in total. The van der Waals surface area contributed by atoms with Crippen molar-refractivity contribution in [3.05, 3.63) is 11.9 Å². The number of hydrogen-bond donors (Lipinski definition) is 5. The van der Waals surface area contributed by atoms with E-state index in [1.807, 2.05) is 0 Å². The molecule has 0 amide bonds. The van der Waals surface area contributed by atoms with Gasteiger partial charge in [0.2, 0.25) is 11.5 Å². The van der Waals surface area contributed by atoms with Gasteiger partial charge in [0.1, 0.15) is 0 Å². The smallest absolute Gasteiger partial charge is 0.332 e. The summed E-state index contributed by atoms with van der Waals surface area (Å²) in [6.07, 6.45) is 1.40. The van der Waals surface area contributed by atoms with Crippen LogP contribution in [0.2, 0.25) is 0 Å². The molecule has 0 saturated carbocycles. The highest BCUT2D eigenvalue weighted by molar-refractivity contribution is 7.71. The third-order valence-electron chi connectivity index (χ3n) is 2.12. The van der Waals surface area contributed by atoms with Crippen molar-refractivity contribution in [2.24, 2.45) is 7.05 Å². The molecule has 0 saturated heterocycles. The minimum absolute atomic E-state index is 0.0286. The van der Waals surface area contributed by atoms with Crippen molar-refractivity contribution in [1.82, 2.24) is 9.55 Å². The van der Waals surface area contributed by atoms with Crippen molar-refractivity contribution in [3.63, 3.8) is 0 Å². The predicted octanol–water partition coefficient (Wildman–Crippen LogP) is -0.221.